The third kappa shape index (κ3) is 5.90. The minimum Gasteiger partial charge on any atom is -0.458 e. The Bertz CT molecular complexity index is 2950. The van der Waals surface area contributed by atoms with Crippen LogP contribution in [0.15, 0.2) is 158 Å². The molecule has 0 radical (unpaired) electrons. The van der Waals surface area contributed by atoms with E-state index in [1.807, 2.05) is 0 Å². The Morgan fingerprint density at radius 1 is 0.426 bits per heavy atom. The molecular weight excluding hydrogens is 743 g/mol. The summed E-state index contributed by atoms with van der Waals surface area (Å²) < 4.78 is 14.5. The number of ether oxygens (including phenoxy) is 2. The number of aryl methyl sites for hydroxylation is 5. The average molecular weight is 791 g/mol. The summed E-state index contributed by atoms with van der Waals surface area (Å²) in [4.78, 5) is 4.74. The summed E-state index contributed by atoms with van der Waals surface area (Å²) in [6, 6.07) is 57.7. The van der Waals surface area contributed by atoms with Crippen LogP contribution in [0.2, 0.25) is 0 Å². The standard InChI is InChI=1S/C56H47BN2O2/c1-34-12-21-39(22-13-34)58(40-23-14-35(2)15-24-40)43-31-49-54-50(32-43)61-51-33-47(59(41-25-16-36(3)17-26-41)42-27-18-37(4)19-28-42)53-52(44-10-8-9-11-45(44)56(53,6)7)55(51)57(54)46-30-38(5)20-29-48(46)60-49/h8-33H,1-7H3. The summed E-state index contributed by atoms with van der Waals surface area (Å²) in [6.45, 7) is 15.4. The molecular formula is C56H47BN2O2. The summed E-state index contributed by atoms with van der Waals surface area (Å²) in [7, 11) is 0. The first-order valence-corrected chi connectivity index (χ1v) is 21.4. The van der Waals surface area contributed by atoms with E-state index in [-0.39, 0.29) is 12.1 Å². The van der Waals surface area contributed by atoms with Gasteiger partial charge in [0.2, 0.25) is 0 Å². The Kier molecular flexibility index (Phi) is 8.38. The molecule has 0 aromatic heterocycles. The first-order chi connectivity index (χ1) is 29.5. The van der Waals surface area contributed by atoms with Crippen LogP contribution in [0.4, 0.5) is 34.1 Å². The molecule has 11 rings (SSSR count). The van der Waals surface area contributed by atoms with Crippen molar-refractivity contribution in [3.63, 3.8) is 0 Å². The van der Waals surface area contributed by atoms with Crippen molar-refractivity contribution in [3.8, 4) is 34.1 Å². The molecule has 0 fully saturated rings. The lowest BCUT2D eigenvalue weighted by Crippen LogP contribution is -2.58. The predicted octanol–water partition coefficient (Wildman–Crippen LogP) is 13.2. The largest absolute Gasteiger partial charge is 0.458 e. The SMILES string of the molecule is Cc1ccc(N(c2ccc(C)cc2)c2cc3c4c(c2)Oc2cc(N(c5ccc(C)cc5)c5ccc(C)cc5)c5c(c2B4c2cc(C)ccc2O3)-c2ccccc2C5(C)C)cc1. The highest BCUT2D eigenvalue weighted by Gasteiger charge is 2.48. The molecule has 8 aromatic carbocycles. The van der Waals surface area contributed by atoms with Crippen LogP contribution in [0.3, 0.4) is 0 Å². The maximum atomic E-state index is 7.45. The third-order valence-corrected chi connectivity index (χ3v) is 13.1. The normalized spacial score (nSPS) is 13.5. The Labute approximate surface area is 359 Å². The number of rotatable bonds is 6. The van der Waals surface area contributed by atoms with Crippen LogP contribution >= 0.6 is 0 Å². The number of benzene rings is 8. The molecule has 2 aliphatic heterocycles. The first-order valence-electron chi connectivity index (χ1n) is 21.4. The molecule has 0 amide bonds. The Hall–Kier alpha value is -6.98. The van der Waals surface area contributed by atoms with E-state index in [0.717, 1.165) is 68.0 Å². The van der Waals surface area contributed by atoms with E-state index in [2.05, 4.69) is 216 Å². The molecule has 0 atom stereocenters. The highest BCUT2D eigenvalue weighted by Crippen LogP contribution is 2.56. The molecule has 0 spiro atoms. The maximum absolute atomic E-state index is 7.45. The van der Waals surface area contributed by atoms with Crippen molar-refractivity contribution in [2.45, 2.75) is 53.9 Å². The van der Waals surface area contributed by atoms with Gasteiger partial charge in [0, 0.05) is 51.8 Å². The summed E-state index contributed by atoms with van der Waals surface area (Å²) in [5, 5.41) is 0. The minimum absolute atomic E-state index is 0.129. The Morgan fingerprint density at radius 2 is 0.885 bits per heavy atom. The van der Waals surface area contributed by atoms with Gasteiger partial charge in [-0.2, -0.15) is 0 Å². The van der Waals surface area contributed by atoms with E-state index in [1.54, 1.807) is 0 Å². The summed E-state index contributed by atoms with van der Waals surface area (Å²) in [5.41, 5.74) is 20.7. The second kappa shape index (κ2) is 13.8. The lowest BCUT2D eigenvalue weighted by molar-refractivity contribution is 0.464. The fraction of sp³-hybridized carbons (Fsp3) is 0.143. The molecule has 0 saturated heterocycles. The van der Waals surface area contributed by atoms with E-state index in [4.69, 9.17) is 9.47 Å². The second-order valence-electron chi connectivity index (χ2n) is 17.8. The average Bonchev–Trinajstić information content (AvgIpc) is 3.50. The zero-order valence-electron chi connectivity index (χ0n) is 35.8. The van der Waals surface area contributed by atoms with Crippen LogP contribution < -0.4 is 35.7 Å². The molecule has 0 N–H and O–H groups in total. The summed E-state index contributed by atoms with van der Waals surface area (Å²) in [6.07, 6.45) is 0. The van der Waals surface area contributed by atoms with Gasteiger partial charge in [0.05, 0.1) is 11.4 Å². The van der Waals surface area contributed by atoms with Gasteiger partial charge in [0.15, 0.2) is 0 Å². The van der Waals surface area contributed by atoms with E-state index < -0.39 is 0 Å². The molecule has 2 heterocycles. The number of nitrogens with zero attached hydrogens (tertiary/aromatic N) is 2. The maximum Gasteiger partial charge on any atom is 0.261 e. The monoisotopic (exact) mass is 790 g/mol. The Morgan fingerprint density at radius 3 is 1.43 bits per heavy atom. The van der Waals surface area contributed by atoms with Gasteiger partial charge in [0.25, 0.3) is 6.71 Å². The Balaban J connectivity index is 1.22. The highest BCUT2D eigenvalue weighted by atomic mass is 16.5. The van der Waals surface area contributed by atoms with Crippen LogP contribution in [0.25, 0.3) is 11.1 Å². The smallest absolute Gasteiger partial charge is 0.261 e. The summed E-state index contributed by atoms with van der Waals surface area (Å²) >= 11 is 0. The number of fused-ring (bicyclic) bond motifs is 8. The van der Waals surface area contributed by atoms with Gasteiger partial charge in [-0.25, -0.2) is 0 Å². The van der Waals surface area contributed by atoms with Gasteiger partial charge in [-0.15, -0.1) is 0 Å². The molecule has 1 aliphatic carbocycles. The highest BCUT2D eigenvalue weighted by molar-refractivity contribution is 6.99. The zero-order chi connectivity index (χ0) is 41.7. The third-order valence-electron chi connectivity index (χ3n) is 13.1. The van der Waals surface area contributed by atoms with Crippen molar-refractivity contribution in [1.82, 2.24) is 0 Å². The molecule has 8 aromatic rings. The van der Waals surface area contributed by atoms with Crippen molar-refractivity contribution in [1.29, 1.82) is 0 Å². The van der Waals surface area contributed by atoms with Crippen LogP contribution in [-0.4, -0.2) is 6.71 Å². The van der Waals surface area contributed by atoms with Crippen molar-refractivity contribution < 1.29 is 9.47 Å². The number of hydrogen-bond acceptors (Lipinski definition) is 4. The van der Waals surface area contributed by atoms with E-state index >= 15 is 0 Å². The van der Waals surface area contributed by atoms with Crippen molar-refractivity contribution >= 4 is 57.2 Å². The van der Waals surface area contributed by atoms with E-state index in [9.17, 15) is 0 Å². The van der Waals surface area contributed by atoms with Crippen LogP contribution in [0.5, 0.6) is 23.0 Å². The minimum atomic E-state index is -0.319. The van der Waals surface area contributed by atoms with E-state index in [0.29, 0.717) is 0 Å². The molecule has 5 heteroatoms. The molecule has 0 bridgehead atoms. The predicted molar refractivity (Wildman–Crippen MR) is 255 cm³/mol. The van der Waals surface area contributed by atoms with Gasteiger partial charge in [-0.1, -0.05) is 127 Å². The zero-order valence-corrected chi connectivity index (χ0v) is 35.8. The molecule has 4 nitrogen and oxygen atoms in total. The van der Waals surface area contributed by atoms with Gasteiger partial charge in [-0.3, -0.25) is 0 Å². The molecule has 0 saturated carbocycles. The molecule has 61 heavy (non-hydrogen) atoms. The van der Waals surface area contributed by atoms with Gasteiger partial charge < -0.3 is 19.3 Å². The van der Waals surface area contributed by atoms with Crippen molar-refractivity contribution in [3.05, 3.63) is 197 Å². The van der Waals surface area contributed by atoms with E-state index in [1.165, 1.54) is 55.5 Å². The fourth-order valence-electron chi connectivity index (χ4n) is 10.00. The van der Waals surface area contributed by atoms with Crippen LogP contribution in [-0.2, 0) is 5.41 Å². The lowest BCUT2D eigenvalue weighted by Gasteiger charge is -2.38. The van der Waals surface area contributed by atoms with Gasteiger partial charge in [0.1, 0.15) is 23.0 Å². The van der Waals surface area contributed by atoms with Crippen molar-refractivity contribution in [2.75, 3.05) is 9.80 Å². The van der Waals surface area contributed by atoms with Crippen molar-refractivity contribution in [2.24, 2.45) is 0 Å². The lowest BCUT2D eigenvalue weighted by atomic mass is 9.34. The quantitative estimate of drug-likeness (QED) is 0.157. The molecule has 296 valence electrons. The fourth-order valence-corrected chi connectivity index (χ4v) is 10.00. The number of anilines is 6. The first kappa shape index (κ1) is 37.1. The summed E-state index contributed by atoms with van der Waals surface area (Å²) in [5.74, 6) is 3.35. The molecule has 3 aliphatic rings. The van der Waals surface area contributed by atoms with Crippen LogP contribution in [0, 0.1) is 34.6 Å². The topological polar surface area (TPSA) is 24.9 Å². The molecule has 0 unspecified atom stereocenters. The van der Waals surface area contributed by atoms with Gasteiger partial charge in [-0.05, 0) is 122 Å². The second-order valence-corrected chi connectivity index (χ2v) is 17.8. The number of hydrogen-bond donors (Lipinski definition) is 0. The van der Waals surface area contributed by atoms with Crippen LogP contribution in [0.1, 0.15) is 52.8 Å². The van der Waals surface area contributed by atoms with Gasteiger partial charge >= 0.3 is 0 Å².